The number of benzene rings is 1. The highest BCUT2D eigenvalue weighted by molar-refractivity contribution is 5.84. The van der Waals surface area contributed by atoms with Crippen molar-refractivity contribution in [3.05, 3.63) is 46.5 Å². The molecule has 0 bridgehead atoms. The van der Waals surface area contributed by atoms with E-state index in [0.29, 0.717) is 5.92 Å². The van der Waals surface area contributed by atoms with Crippen LogP contribution in [0.15, 0.2) is 41.0 Å². The van der Waals surface area contributed by atoms with Crippen molar-refractivity contribution in [1.29, 1.82) is 0 Å². The molecule has 2 rings (SSSR count). The fourth-order valence-electron chi connectivity index (χ4n) is 2.54. The number of hydrogen-bond donors (Lipinski definition) is 1. The maximum atomic E-state index is 6.06. The average Bonchev–Trinajstić information content (AvgIpc) is 2.45. The molecule has 0 spiro atoms. The maximum absolute atomic E-state index is 6.06. The monoisotopic (exact) mass is 213 g/mol. The van der Waals surface area contributed by atoms with Crippen molar-refractivity contribution in [2.45, 2.75) is 27.7 Å². The van der Waals surface area contributed by atoms with Crippen molar-refractivity contribution in [3.63, 3.8) is 0 Å². The van der Waals surface area contributed by atoms with Gasteiger partial charge in [0, 0.05) is 17.2 Å². The zero-order valence-electron chi connectivity index (χ0n) is 10.5. The van der Waals surface area contributed by atoms with Gasteiger partial charge in [0.05, 0.1) is 0 Å². The van der Waals surface area contributed by atoms with Gasteiger partial charge in [0.25, 0.3) is 0 Å². The summed E-state index contributed by atoms with van der Waals surface area (Å²) < 4.78 is 0. The largest absolute Gasteiger partial charge is 0.398 e. The third kappa shape index (κ3) is 1.47. The van der Waals surface area contributed by atoms with Gasteiger partial charge in [-0.1, -0.05) is 30.7 Å². The van der Waals surface area contributed by atoms with Crippen LogP contribution in [0.4, 0.5) is 5.69 Å². The van der Waals surface area contributed by atoms with Gasteiger partial charge >= 0.3 is 0 Å². The van der Waals surface area contributed by atoms with Crippen LogP contribution in [0.25, 0.3) is 5.57 Å². The Hall–Kier alpha value is -1.50. The van der Waals surface area contributed by atoms with E-state index in [1.807, 2.05) is 12.1 Å². The molecular formula is C15H19N. The molecule has 16 heavy (non-hydrogen) atoms. The molecule has 1 aromatic rings. The van der Waals surface area contributed by atoms with Crippen molar-refractivity contribution in [2.75, 3.05) is 5.73 Å². The molecular weight excluding hydrogens is 194 g/mol. The molecule has 1 heteroatoms. The van der Waals surface area contributed by atoms with Gasteiger partial charge in [-0.3, -0.25) is 0 Å². The lowest BCUT2D eigenvalue weighted by atomic mass is 9.91. The normalized spacial score (nSPS) is 20.9. The summed E-state index contributed by atoms with van der Waals surface area (Å²) in [7, 11) is 0. The van der Waals surface area contributed by atoms with E-state index in [4.69, 9.17) is 5.73 Å². The Bertz CT molecular complexity index is 492. The van der Waals surface area contributed by atoms with E-state index in [-0.39, 0.29) is 0 Å². The first-order valence-corrected chi connectivity index (χ1v) is 5.77. The Kier molecular flexibility index (Phi) is 2.63. The molecule has 1 aliphatic rings. The summed E-state index contributed by atoms with van der Waals surface area (Å²) in [5, 5.41) is 0. The zero-order chi connectivity index (χ0) is 11.9. The Labute approximate surface area is 97.7 Å². The quantitative estimate of drug-likeness (QED) is 0.700. The number of anilines is 1. The van der Waals surface area contributed by atoms with E-state index in [1.165, 1.54) is 27.9 Å². The SMILES string of the molecule is CC1=C(C)C(C)C(c2ccccc2N)=C1C. The summed E-state index contributed by atoms with van der Waals surface area (Å²) in [4.78, 5) is 0. The molecule has 1 nitrogen and oxygen atoms in total. The van der Waals surface area contributed by atoms with Crippen LogP contribution >= 0.6 is 0 Å². The molecule has 0 saturated carbocycles. The number of nitrogens with two attached hydrogens (primary N) is 1. The molecule has 1 aliphatic carbocycles. The van der Waals surface area contributed by atoms with Gasteiger partial charge in [0.1, 0.15) is 0 Å². The molecule has 2 N–H and O–H groups in total. The molecule has 0 aliphatic heterocycles. The number of hydrogen-bond acceptors (Lipinski definition) is 1. The van der Waals surface area contributed by atoms with Gasteiger partial charge in [-0.15, -0.1) is 0 Å². The highest BCUT2D eigenvalue weighted by Crippen LogP contribution is 2.43. The van der Waals surface area contributed by atoms with Crippen molar-refractivity contribution in [1.82, 2.24) is 0 Å². The third-order valence-corrected chi connectivity index (χ3v) is 3.89. The van der Waals surface area contributed by atoms with E-state index >= 15 is 0 Å². The lowest BCUT2D eigenvalue weighted by Gasteiger charge is -2.14. The Morgan fingerprint density at radius 1 is 1.00 bits per heavy atom. The van der Waals surface area contributed by atoms with Gasteiger partial charge in [0.15, 0.2) is 0 Å². The molecule has 0 saturated heterocycles. The first-order chi connectivity index (χ1) is 7.54. The van der Waals surface area contributed by atoms with Crippen LogP contribution in [0.1, 0.15) is 33.3 Å². The second-order valence-electron chi connectivity index (χ2n) is 4.66. The topological polar surface area (TPSA) is 26.0 Å². The molecule has 0 amide bonds. The van der Waals surface area contributed by atoms with Crippen molar-refractivity contribution < 1.29 is 0 Å². The minimum absolute atomic E-state index is 0.490. The van der Waals surface area contributed by atoms with Crippen LogP contribution < -0.4 is 5.73 Å². The molecule has 0 heterocycles. The molecule has 1 aromatic carbocycles. The Morgan fingerprint density at radius 3 is 2.12 bits per heavy atom. The van der Waals surface area contributed by atoms with E-state index < -0.39 is 0 Å². The zero-order valence-corrected chi connectivity index (χ0v) is 10.5. The Morgan fingerprint density at radius 2 is 1.62 bits per heavy atom. The molecule has 0 aromatic heterocycles. The standard InChI is InChI=1S/C15H19N/c1-9-10(2)12(4)15(11(9)3)13-7-5-6-8-14(13)16/h5-8,11H,16H2,1-4H3. The highest BCUT2D eigenvalue weighted by Gasteiger charge is 2.25. The summed E-state index contributed by atoms with van der Waals surface area (Å²) in [6, 6.07) is 8.14. The highest BCUT2D eigenvalue weighted by atomic mass is 14.6. The van der Waals surface area contributed by atoms with Crippen LogP contribution in [0.2, 0.25) is 0 Å². The summed E-state index contributed by atoms with van der Waals surface area (Å²) in [6.07, 6.45) is 0. The second-order valence-corrected chi connectivity index (χ2v) is 4.66. The Balaban J connectivity index is 2.57. The minimum Gasteiger partial charge on any atom is -0.398 e. The molecule has 0 fully saturated rings. The van der Waals surface area contributed by atoms with Crippen LogP contribution in [0.3, 0.4) is 0 Å². The van der Waals surface area contributed by atoms with E-state index in [2.05, 4.69) is 39.8 Å². The number of allylic oxidation sites excluding steroid dienone is 4. The summed E-state index contributed by atoms with van der Waals surface area (Å²) in [5.74, 6) is 0.490. The molecule has 1 atom stereocenters. The van der Waals surface area contributed by atoms with Gasteiger partial charge in [-0.2, -0.15) is 0 Å². The van der Waals surface area contributed by atoms with Gasteiger partial charge in [0.2, 0.25) is 0 Å². The second kappa shape index (κ2) is 3.82. The van der Waals surface area contributed by atoms with Crippen LogP contribution in [0.5, 0.6) is 0 Å². The molecule has 0 radical (unpaired) electrons. The van der Waals surface area contributed by atoms with E-state index in [1.54, 1.807) is 0 Å². The average molecular weight is 213 g/mol. The number of rotatable bonds is 1. The first-order valence-electron chi connectivity index (χ1n) is 5.77. The smallest absolute Gasteiger partial charge is 0.0390 e. The first kappa shape index (κ1) is 11.0. The predicted octanol–water partition coefficient (Wildman–Crippen LogP) is 4.03. The van der Waals surface area contributed by atoms with E-state index in [9.17, 15) is 0 Å². The van der Waals surface area contributed by atoms with Crippen molar-refractivity contribution >= 4 is 11.3 Å². The fraction of sp³-hybridized carbons (Fsp3) is 0.333. The van der Waals surface area contributed by atoms with Gasteiger partial charge in [-0.25, -0.2) is 0 Å². The number of nitrogen functional groups attached to an aromatic ring is 1. The van der Waals surface area contributed by atoms with Crippen LogP contribution in [0, 0.1) is 5.92 Å². The van der Waals surface area contributed by atoms with Crippen molar-refractivity contribution in [2.24, 2.45) is 5.92 Å². The summed E-state index contributed by atoms with van der Waals surface area (Å²) >= 11 is 0. The van der Waals surface area contributed by atoms with Crippen LogP contribution in [-0.4, -0.2) is 0 Å². The van der Waals surface area contributed by atoms with Gasteiger partial charge < -0.3 is 5.73 Å². The predicted molar refractivity (Wildman–Crippen MR) is 71.0 cm³/mol. The van der Waals surface area contributed by atoms with E-state index in [0.717, 1.165) is 5.69 Å². The maximum Gasteiger partial charge on any atom is 0.0390 e. The molecule has 1 unspecified atom stereocenters. The third-order valence-electron chi connectivity index (χ3n) is 3.89. The molecule has 84 valence electrons. The van der Waals surface area contributed by atoms with Crippen molar-refractivity contribution in [3.8, 4) is 0 Å². The minimum atomic E-state index is 0.490. The lowest BCUT2D eigenvalue weighted by Crippen LogP contribution is -2.00. The lowest BCUT2D eigenvalue weighted by molar-refractivity contribution is 0.895. The summed E-state index contributed by atoms with van der Waals surface area (Å²) in [5.41, 5.74) is 13.8. The summed E-state index contributed by atoms with van der Waals surface area (Å²) in [6.45, 7) is 8.88. The number of para-hydroxylation sites is 1. The fourth-order valence-corrected chi connectivity index (χ4v) is 2.54. The van der Waals surface area contributed by atoms with Crippen LogP contribution in [-0.2, 0) is 0 Å². The van der Waals surface area contributed by atoms with Gasteiger partial charge in [-0.05, 0) is 43.6 Å².